The van der Waals surface area contributed by atoms with Crippen LogP contribution in [0.2, 0.25) is 0 Å². The van der Waals surface area contributed by atoms with Crippen molar-refractivity contribution in [3.05, 3.63) is 75.7 Å². The molecular formula is C25H30N6O4. The van der Waals surface area contributed by atoms with Crippen molar-refractivity contribution in [1.29, 1.82) is 0 Å². The highest BCUT2D eigenvalue weighted by Crippen LogP contribution is 2.28. The van der Waals surface area contributed by atoms with Gasteiger partial charge in [0.05, 0.1) is 25.5 Å². The van der Waals surface area contributed by atoms with E-state index >= 15 is 0 Å². The minimum Gasteiger partial charge on any atom is -0.468 e. The first-order chi connectivity index (χ1) is 17.0. The van der Waals surface area contributed by atoms with Crippen LogP contribution in [0.15, 0.2) is 51.9 Å². The van der Waals surface area contributed by atoms with Crippen molar-refractivity contribution in [2.75, 3.05) is 6.61 Å². The largest absolute Gasteiger partial charge is 0.468 e. The van der Waals surface area contributed by atoms with Crippen LogP contribution in [0.25, 0.3) is 10.9 Å². The van der Waals surface area contributed by atoms with Gasteiger partial charge in [0.25, 0.3) is 5.56 Å². The number of fused-ring (bicyclic) bond motifs is 1. The molecule has 0 saturated carbocycles. The van der Waals surface area contributed by atoms with Crippen LogP contribution >= 0.6 is 0 Å². The van der Waals surface area contributed by atoms with Crippen LogP contribution in [0.3, 0.4) is 0 Å². The maximum absolute atomic E-state index is 13.0. The van der Waals surface area contributed by atoms with Gasteiger partial charge in [0.15, 0.2) is 5.82 Å². The summed E-state index contributed by atoms with van der Waals surface area (Å²) in [5, 5.41) is 13.1. The third-order valence-electron chi connectivity index (χ3n) is 5.83. The molecular weight excluding hydrogens is 448 g/mol. The Bertz CT molecular complexity index is 1330. The van der Waals surface area contributed by atoms with E-state index in [0.717, 1.165) is 28.6 Å². The number of nitrogens with zero attached hydrogens (tertiary/aromatic N) is 5. The number of furan rings is 1. The van der Waals surface area contributed by atoms with Gasteiger partial charge in [-0.3, -0.25) is 14.5 Å². The van der Waals surface area contributed by atoms with Gasteiger partial charge in [-0.25, -0.2) is 4.68 Å². The summed E-state index contributed by atoms with van der Waals surface area (Å²) in [6.07, 6.45) is 3.19. The lowest BCUT2D eigenvalue weighted by atomic mass is 10.1. The van der Waals surface area contributed by atoms with Gasteiger partial charge in [0, 0.05) is 17.6 Å². The van der Waals surface area contributed by atoms with Gasteiger partial charge in [-0.05, 0) is 66.4 Å². The number of carbonyl (C=O) groups is 1. The summed E-state index contributed by atoms with van der Waals surface area (Å²) >= 11 is 0. The minimum absolute atomic E-state index is 0.0825. The van der Waals surface area contributed by atoms with Gasteiger partial charge >= 0.3 is 5.97 Å². The maximum Gasteiger partial charge on any atom is 0.327 e. The van der Waals surface area contributed by atoms with Crippen molar-refractivity contribution in [3.8, 4) is 0 Å². The summed E-state index contributed by atoms with van der Waals surface area (Å²) in [6, 6.07) is 11.3. The molecule has 0 spiro atoms. The van der Waals surface area contributed by atoms with E-state index in [2.05, 4.69) is 38.4 Å². The minimum atomic E-state index is -0.407. The molecule has 0 aliphatic rings. The molecule has 0 bridgehead atoms. The van der Waals surface area contributed by atoms with Crippen molar-refractivity contribution in [2.24, 2.45) is 0 Å². The number of hydrogen-bond acceptors (Lipinski definition) is 8. The zero-order valence-corrected chi connectivity index (χ0v) is 20.2. The van der Waals surface area contributed by atoms with Gasteiger partial charge in [0.2, 0.25) is 0 Å². The summed E-state index contributed by atoms with van der Waals surface area (Å²) in [4.78, 5) is 30.2. The predicted octanol–water partition coefficient (Wildman–Crippen LogP) is 3.52. The Balaban J connectivity index is 1.72. The van der Waals surface area contributed by atoms with Gasteiger partial charge in [-0.1, -0.05) is 25.0 Å². The summed E-state index contributed by atoms with van der Waals surface area (Å²) in [7, 11) is 0. The maximum atomic E-state index is 13.0. The van der Waals surface area contributed by atoms with Crippen molar-refractivity contribution < 1.29 is 13.9 Å². The highest BCUT2D eigenvalue weighted by atomic mass is 16.5. The molecule has 4 aromatic rings. The average molecular weight is 479 g/mol. The first-order valence-corrected chi connectivity index (χ1v) is 11.8. The number of tetrazole rings is 1. The van der Waals surface area contributed by atoms with Crippen LogP contribution in [-0.4, -0.2) is 42.7 Å². The molecule has 0 radical (unpaired) electrons. The van der Waals surface area contributed by atoms with E-state index < -0.39 is 5.97 Å². The molecule has 10 nitrogen and oxygen atoms in total. The topological polar surface area (TPSA) is 119 Å². The lowest BCUT2D eigenvalue weighted by Crippen LogP contribution is -2.33. The number of H-pyrrole nitrogens is 1. The number of aryl methyl sites for hydroxylation is 1. The molecule has 3 aromatic heterocycles. The second-order valence-electron chi connectivity index (χ2n) is 8.50. The number of carbonyl (C=O) groups excluding carboxylic acids is 1. The number of aromatic nitrogens is 5. The molecule has 10 heteroatoms. The zero-order valence-electron chi connectivity index (χ0n) is 20.2. The van der Waals surface area contributed by atoms with Crippen molar-refractivity contribution >= 4 is 16.9 Å². The van der Waals surface area contributed by atoms with Crippen LogP contribution in [0, 0.1) is 6.92 Å². The van der Waals surface area contributed by atoms with E-state index in [1.807, 2.05) is 37.3 Å². The lowest BCUT2D eigenvalue weighted by molar-refractivity contribution is -0.144. The van der Waals surface area contributed by atoms with Crippen LogP contribution in [0.4, 0.5) is 0 Å². The number of benzene rings is 1. The monoisotopic (exact) mass is 478 g/mol. The summed E-state index contributed by atoms with van der Waals surface area (Å²) < 4.78 is 12.2. The smallest absolute Gasteiger partial charge is 0.327 e. The van der Waals surface area contributed by atoms with Gasteiger partial charge in [0.1, 0.15) is 12.3 Å². The first-order valence-electron chi connectivity index (χ1n) is 11.8. The highest BCUT2D eigenvalue weighted by Gasteiger charge is 2.28. The fourth-order valence-corrected chi connectivity index (χ4v) is 4.23. The van der Waals surface area contributed by atoms with E-state index in [0.29, 0.717) is 30.9 Å². The fourth-order valence-electron chi connectivity index (χ4n) is 4.23. The van der Waals surface area contributed by atoms with Crippen molar-refractivity contribution in [3.63, 3.8) is 0 Å². The molecule has 1 atom stereocenters. The Morgan fingerprint density at radius 2 is 2.09 bits per heavy atom. The van der Waals surface area contributed by atoms with E-state index in [4.69, 9.17) is 9.15 Å². The Hall–Kier alpha value is -3.79. The molecule has 1 N–H and O–H groups in total. The third kappa shape index (κ3) is 5.83. The highest BCUT2D eigenvalue weighted by molar-refractivity contribution is 5.79. The van der Waals surface area contributed by atoms with E-state index in [1.165, 1.54) is 4.68 Å². The fraction of sp³-hybridized carbons (Fsp3) is 0.400. The average Bonchev–Trinajstić information content (AvgIpc) is 3.50. The Morgan fingerprint density at radius 1 is 1.23 bits per heavy atom. The molecule has 0 aliphatic carbocycles. The Labute approximate surface area is 202 Å². The van der Waals surface area contributed by atoms with E-state index in [-0.39, 0.29) is 24.8 Å². The van der Waals surface area contributed by atoms with Crippen molar-refractivity contribution in [2.45, 2.75) is 59.3 Å². The lowest BCUT2D eigenvalue weighted by Gasteiger charge is -2.30. The van der Waals surface area contributed by atoms with Crippen molar-refractivity contribution in [1.82, 2.24) is 30.1 Å². The van der Waals surface area contributed by atoms with Crippen LogP contribution in [-0.2, 0) is 29.2 Å². The van der Waals surface area contributed by atoms with Gasteiger partial charge in [-0.15, -0.1) is 5.10 Å². The Kier molecular flexibility index (Phi) is 7.71. The molecule has 1 aromatic carbocycles. The number of ether oxygens (including phenoxy) is 1. The predicted molar refractivity (Wildman–Crippen MR) is 129 cm³/mol. The number of nitrogens with one attached hydrogen (secondary N) is 1. The molecule has 3 heterocycles. The standard InChI is InChI=1S/C25H30N6O4/c1-4-7-22(24-27-28-29-31(24)16-23(32)34-5-2)30(15-20-8-6-11-35-20)14-19-13-18-12-17(3)9-10-21(18)26-25(19)33/h6,8-13,22H,4-5,7,14-16H2,1-3H3,(H,26,33)/t22-/m0/s1. The quantitative estimate of drug-likeness (QED) is 0.325. The molecule has 0 aliphatic heterocycles. The summed E-state index contributed by atoms with van der Waals surface area (Å²) in [6.45, 7) is 6.83. The van der Waals surface area contributed by atoms with Crippen LogP contribution in [0.1, 0.15) is 55.4 Å². The molecule has 0 amide bonds. The molecule has 35 heavy (non-hydrogen) atoms. The third-order valence-corrected chi connectivity index (χ3v) is 5.83. The molecule has 4 rings (SSSR count). The molecule has 0 unspecified atom stereocenters. The summed E-state index contributed by atoms with van der Waals surface area (Å²) in [5.41, 5.74) is 2.39. The molecule has 0 saturated heterocycles. The number of hydrogen-bond donors (Lipinski definition) is 1. The van der Waals surface area contributed by atoms with E-state index in [9.17, 15) is 9.59 Å². The van der Waals surface area contributed by atoms with Crippen LogP contribution < -0.4 is 5.56 Å². The van der Waals surface area contributed by atoms with Gasteiger partial charge in [-0.2, -0.15) is 0 Å². The number of esters is 1. The Morgan fingerprint density at radius 3 is 2.83 bits per heavy atom. The first kappa shape index (κ1) is 24.3. The summed E-state index contributed by atoms with van der Waals surface area (Å²) in [5.74, 6) is 0.887. The zero-order chi connectivity index (χ0) is 24.8. The number of pyridine rings is 1. The molecule has 184 valence electrons. The van der Waals surface area contributed by atoms with Gasteiger partial charge < -0.3 is 14.1 Å². The van der Waals surface area contributed by atoms with Crippen LogP contribution in [0.5, 0.6) is 0 Å². The SMILES string of the molecule is CCC[C@@H](c1nnnn1CC(=O)OCC)N(Cc1ccco1)Cc1cc2cc(C)ccc2[nH]c1=O. The second-order valence-corrected chi connectivity index (χ2v) is 8.50. The van der Waals surface area contributed by atoms with E-state index in [1.54, 1.807) is 13.2 Å². The number of rotatable bonds is 11. The molecule has 0 fully saturated rings. The normalized spacial score (nSPS) is 12.3. The second kappa shape index (κ2) is 11.1. The number of aromatic amines is 1.